The quantitative estimate of drug-likeness (QED) is 0.198. The van der Waals surface area contributed by atoms with Gasteiger partial charge in [-0.2, -0.15) is 0 Å². The van der Waals surface area contributed by atoms with Crippen LogP contribution in [0.2, 0.25) is 0 Å². The van der Waals surface area contributed by atoms with Gasteiger partial charge in [0.1, 0.15) is 40.1 Å². The van der Waals surface area contributed by atoms with Gasteiger partial charge < -0.3 is 35.5 Å². The van der Waals surface area contributed by atoms with E-state index in [0.717, 1.165) is 6.92 Å². The predicted molar refractivity (Wildman–Crippen MR) is 148 cm³/mol. The number of hydrogen-bond acceptors (Lipinski definition) is 12. The fourth-order valence-electron chi connectivity index (χ4n) is 6.33. The number of aliphatic hydroxyl groups excluding tert-OH is 2. The summed E-state index contributed by atoms with van der Waals surface area (Å²) < 4.78 is 0. The molecule has 1 fully saturated rings. The molecule has 0 saturated heterocycles. The van der Waals surface area contributed by atoms with Crippen LogP contribution < -0.4 is 4.90 Å². The summed E-state index contributed by atoms with van der Waals surface area (Å²) in [5.41, 5.74) is -9.52. The van der Waals surface area contributed by atoms with Gasteiger partial charge in [0.05, 0.1) is 23.2 Å². The second-order valence-corrected chi connectivity index (χ2v) is 11.7. The Kier molecular flexibility index (Phi) is 7.14. The summed E-state index contributed by atoms with van der Waals surface area (Å²) in [5, 5.41) is 69.5. The van der Waals surface area contributed by atoms with Gasteiger partial charge in [0, 0.05) is 32.6 Å². The predicted octanol–water partition coefficient (Wildman–Crippen LogP) is -0.723. The summed E-state index contributed by atoms with van der Waals surface area (Å²) in [7, 11) is 9.74. The molecular weight excluding hydrogens is 534 g/mol. The lowest BCUT2D eigenvalue weighted by Crippen LogP contribution is -2.79. The number of aromatic hydroxyl groups is 1. The van der Waals surface area contributed by atoms with Gasteiger partial charge in [-0.3, -0.25) is 24.2 Å². The number of likely N-dealkylation sites (N-methyl/N-ethyl adjacent to an activating group) is 1. The normalized spacial score (nSPS) is 29.2. The first-order valence-corrected chi connectivity index (χ1v) is 12.9. The van der Waals surface area contributed by atoms with Crippen molar-refractivity contribution in [2.45, 2.75) is 42.6 Å². The van der Waals surface area contributed by atoms with E-state index in [0.29, 0.717) is 12.2 Å². The molecule has 0 amide bonds. The molecule has 12 heteroatoms. The molecule has 4 rings (SSSR count). The fourth-order valence-corrected chi connectivity index (χ4v) is 6.33. The molecular formula is C29H35N3O9. The zero-order valence-corrected chi connectivity index (χ0v) is 24.0. The largest absolute Gasteiger partial charge is 0.508 e. The molecule has 0 heterocycles. The van der Waals surface area contributed by atoms with Gasteiger partial charge in [-0.05, 0) is 46.7 Å². The molecule has 41 heavy (non-hydrogen) atoms. The Hall–Kier alpha value is -3.73. The van der Waals surface area contributed by atoms with E-state index in [-0.39, 0.29) is 16.7 Å². The number of Topliss-reactive ketones (excluding diaryl/α,β-unsaturated/α-hetero) is 3. The smallest absolute Gasteiger partial charge is 0.216 e. The monoisotopic (exact) mass is 569 g/mol. The number of anilines is 1. The van der Waals surface area contributed by atoms with Crippen LogP contribution in [-0.2, 0) is 20.8 Å². The lowest BCUT2D eigenvalue weighted by Gasteiger charge is -2.57. The first kappa shape index (κ1) is 30.2. The van der Waals surface area contributed by atoms with E-state index in [9.17, 15) is 45.0 Å². The maximum atomic E-state index is 14.1. The van der Waals surface area contributed by atoms with E-state index in [4.69, 9.17) is 0 Å². The molecule has 0 spiro atoms. The van der Waals surface area contributed by atoms with Crippen LogP contribution in [0.4, 0.5) is 5.69 Å². The van der Waals surface area contributed by atoms with Gasteiger partial charge in [0.25, 0.3) is 0 Å². The van der Waals surface area contributed by atoms with Crippen LogP contribution in [0.3, 0.4) is 0 Å². The number of benzene rings is 1. The zero-order chi connectivity index (χ0) is 31.0. The van der Waals surface area contributed by atoms with Crippen molar-refractivity contribution in [2.75, 3.05) is 53.7 Å². The molecule has 1 saturated carbocycles. The Bertz CT molecular complexity index is 1510. The number of fused-ring (bicyclic) bond motifs is 3. The average Bonchev–Trinajstić information content (AvgIpc) is 2.81. The lowest BCUT2D eigenvalue weighted by atomic mass is 9.53. The minimum Gasteiger partial charge on any atom is -0.508 e. The second kappa shape index (κ2) is 9.68. The molecule has 0 aliphatic heterocycles. The third-order valence-electron chi connectivity index (χ3n) is 8.03. The van der Waals surface area contributed by atoms with Crippen LogP contribution in [0, 0.1) is 11.8 Å². The van der Waals surface area contributed by atoms with Crippen LogP contribution in [0.15, 0.2) is 23.0 Å². The highest BCUT2D eigenvalue weighted by Gasteiger charge is 2.75. The SMILES string of the molecule is CC(=O)C1=C(O)C2(O)C(=O)C3=C(O)c4c(O)c(C#CCN(C)C)cc(N(C)C)c4CC3(O)CC2(O)C(N(C)C)C1=O. The first-order valence-electron chi connectivity index (χ1n) is 12.9. The topological polar surface area (TPSA) is 182 Å². The summed E-state index contributed by atoms with van der Waals surface area (Å²) in [6.07, 6.45) is -1.31. The summed E-state index contributed by atoms with van der Waals surface area (Å²) in [6, 6.07) is -0.161. The highest BCUT2D eigenvalue weighted by Crippen LogP contribution is 2.57. The number of nitrogens with zero attached hydrogens (tertiary/aromatic N) is 3. The van der Waals surface area contributed by atoms with Gasteiger partial charge in [0.2, 0.25) is 11.4 Å². The van der Waals surface area contributed by atoms with Crippen LogP contribution in [0.5, 0.6) is 5.75 Å². The Morgan fingerprint density at radius 2 is 1.66 bits per heavy atom. The van der Waals surface area contributed by atoms with Crippen LogP contribution >= 0.6 is 0 Å². The third-order valence-corrected chi connectivity index (χ3v) is 8.03. The zero-order valence-electron chi connectivity index (χ0n) is 24.0. The Labute approximate surface area is 237 Å². The molecule has 3 aliphatic rings. The van der Waals surface area contributed by atoms with Crippen molar-refractivity contribution in [3.8, 4) is 17.6 Å². The average molecular weight is 570 g/mol. The molecule has 12 nitrogen and oxygen atoms in total. The number of aliphatic hydroxyl groups is 5. The summed E-state index contributed by atoms with van der Waals surface area (Å²) in [6.45, 7) is 1.32. The minimum atomic E-state index is -3.28. The van der Waals surface area contributed by atoms with E-state index < -0.39 is 81.5 Å². The van der Waals surface area contributed by atoms with Crippen LogP contribution in [0.1, 0.15) is 30.0 Å². The van der Waals surface area contributed by atoms with Crippen molar-refractivity contribution in [3.05, 3.63) is 39.7 Å². The highest BCUT2D eigenvalue weighted by atomic mass is 16.4. The number of phenols is 1. The van der Waals surface area contributed by atoms with Gasteiger partial charge in [-0.1, -0.05) is 11.8 Å². The van der Waals surface area contributed by atoms with Crippen molar-refractivity contribution in [1.29, 1.82) is 0 Å². The van der Waals surface area contributed by atoms with Gasteiger partial charge in [-0.15, -0.1) is 0 Å². The van der Waals surface area contributed by atoms with E-state index in [1.165, 1.54) is 19.0 Å². The van der Waals surface area contributed by atoms with Crippen LogP contribution in [-0.4, -0.2) is 129 Å². The number of carbonyl (C=O) groups is 3. The molecule has 0 radical (unpaired) electrons. The first-order chi connectivity index (χ1) is 18.8. The maximum Gasteiger partial charge on any atom is 0.216 e. The molecule has 6 N–H and O–H groups in total. The summed E-state index contributed by atoms with van der Waals surface area (Å²) >= 11 is 0. The minimum absolute atomic E-state index is 0.128. The molecule has 0 bridgehead atoms. The molecule has 4 unspecified atom stereocenters. The maximum absolute atomic E-state index is 14.1. The van der Waals surface area contributed by atoms with Crippen molar-refractivity contribution in [2.24, 2.45) is 0 Å². The van der Waals surface area contributed by atoms with Crippen molar-refractivity contribution < 1.29 is 45.0 Å². The third kappa shape index (κ3) is 4.07. The Morgan fingerprint density at radius 1 is 1.05 bits per heavy atom. The van der Waals surface area contributed by atoms with E-state index in [1.807, 2.05) is 19.0 Å². The fraction of sp³-hybridized carbons (Fsp3) is 0.483. The van der Waals surface area contributed by atoms with Crippen molar-refractivity contribution >= 4 is 28.8 Å². The number of hydrogen-bond donors (Lipinski definition) is 6. The Morgan fingerprint density at radius 3 is 2.17 bits per heavy atom. The van der Waals surface area contributed by atoms with Crippen molar-refractivity contribution in [3.63, 3.8) is 0 Å². The van der Waals surface area contributed by atoms with Crippen molar-refractivity contribution in [1.82, 2.24) is 9.80 Å². The highest BCUT2D eigenvalue weighted by molar-refractivity contribution is 6.26. The number of ketones is 3. The molecule has 4 atom stereocenters. The number of rotatable bonds is 4. The number of carbonyl (C=O) groups excluding carboxylic acids is 3. The molecule has 1 aromatic rings. The van der Waals surface area contributed by atoms with Crippen LogP contribution in [0.25, 0.3) is 5.76 Å². The second-order valence-electron chi connectivity index (χ2n) is 11.7. The molecule has 1 aromatic carbocycles. The van der Waals surface area contributed by atoms with Gasteiger partial charge >= 0.3 is 0 Å². The molecule has 220 valence electrons. The molecule has 0 aromatic heterocycles. The van der Waals surface area contributed by atoms with Gasteiger partial charge in [0.15, 0.2) is 11.6 Å². The van der Waals surface area contributed by atoms with E-state index >= 15 is 0 Å². The standard InChI is InChI=1S/C29H35N3O9/c1-14(33)18-23(36)24(32(6)7)28(40)13-27(39)12-16-17(31(4)5)11-15(9-8-10-30(2)3)21(34)19(16)22(35)20(27)26(38)29(28,41)25(18)37/h11,24,34-35,37,39-41H,10,12-13H2,1-7H3. The van der Waals surface area contributed by atoms with Gasteiger partial charge in [-0.25, -0.2) is 0 Å². The Balaban J connectivity index is 2.07. The summed E-state index contributed by atoms with van der Waals surface area (Å²) in [5.74, 6) is -0.492. The lowest BCUT2D eigenvalue weighted by molar-refractivity contribution is -0.216. The van der Waals surface area contributed by atoms with E-state index in [1.54, 1.807) is 25.1 Å². The van der Waals surface area contributed by atoms with E-state index in [2.05, 4.69) is 11.8 Å². The number of phenolic OH excluding ortho intramolecular Hbond substituents is 1. The molecule has 3 aliphatic carbocycles. The summed E-state index contributed by atoms with van der Waals surface area (Å²) in [4.78, 5) is 44.5.